The molecule has 0 saturated heterocycles. The number of aryl methyl sites for hydroxylation is 1. The first-order valence-electron chi connectivity index (χ1n) is 7.11. The number of hydrogen-bond donors (Lipinski definition) is 0. The molecule has 0 aliphatic heterocycles. The summed E-state index contributed by atoms with van der Waals surface area (Å²) in [6, 6.07) is 9.84. The summed E-state index contributed by atoms with van der Waals surface area (Å²) in [6.45, 7) is 5.85. The molecule has 1 atom stereocenters. The Labute approximate surface area is 126 Å². The SMILES string of the molecule is COc1c(C)cnc(CC(=O)C(C)c2ccccc2)c1C. The molecule has 1 aromatic heterocycles. The van der Waals surface area contributed by atoms with Crippen LogP contribution < -0.4 is 4.74 Å². The van der Waals surface area contributed by atoms with Gasteiger partial charge in [0, 0.05) is 29.7 Å². The van der Waals surface area contributed by atoms with Gasteiger partial charge >= 0.3 is 0 Å². The Bertz CT molecular complexity index is 635. The number of nitrogens with zero attached hydrogens (tertiary/aromatic N) is 1. The van der Waals surface area contributed by atoms with Gasteiger partial charge in [-0.05, 0) is 19.4 Å². The molecule has 0 saturated carbocycles. The van der Waals surface area contributed by atoms with Crippen LogP contribution in [0.25, 0.3) is 0 Å². The minimum Gasteiger partial charge on any atom is -0.496 e. The maximum absolute atomic E-state index is 12.5. The van der Waals surface area contributed by atoms with Crippen LogP contribution in [0.15, 0.2) is 36.5 Å². The van der Waals surface area contributed by atoms with Crippen molar-refractivity contribution in [2.24, 2.45) is 0 Å². The van der Waals surface area contributed by atoms with Gasteiger partial charge in [-0.3, -0.25) is 9.78 Å². The van der Waals surface area contributed by atoms with E-state index in [9.17, 15) is 4.79 Å². The van der Waals surface area contributed by atoms with Gasteiger partial charge in [0.05, 0.1) is 12.8 Å². The van der Waals surface area contributed by atoms with Gasteiger partial charge in [-0.15, -0.1) is 0 Å². The second kappa shape index (κ2) is 6.53. The number of benzene rings is 1. The van der Waals surface area contributed by atoms with Gasteiger partial charge in [0.15, 0.2) is 0 Å². The molecular formula is C18H21NO2. The Morgan fingerprint density at radius 3 is 2.52 bits per heavy atom. The van der Waals surface area contributed by atoms with Gasteiger partial charge in [-0.1, -0.05) is 37.3 Å². The van der Waals surface area contributed by atoms with Gasteiger partial charge < -0.3 is 4.74 Å². The van der Waals surface area contributed by atoms with Crippen LogP contribution in [0.5, 0.6) is 5.75 Å². The largest absolute Gasteiger partial charge is 0.496 e. The van der Waals surface area contributed by atoms with Crippen LogP contribution in [0.2, 0.25) is 0 Å². The molecule has 0 fully saturated rings. The fourth-order valence-electron chi connectivity index (χ4n) is 2.50. The fraction of sp³-hybridized carbons (Fsp3) is 0.333. The van der Waals surface area contributed by atoms with Gasteiger partial charge in [0.2, 0.25) is 0 Å². The van der Waals surface area contributed by atoms with E-state index < -0.39 is 0 Å². The van der Waals surface area contributed by atoms with E-state index in [-0.39, 0.29) is 11.7 Å². The van der Waals surface area contributed by atoms with Crippen molar-refractivity contribution in [1.29, 1.82) is 0 Å². The zero-order chi connectivity index (χ0) is 15.4. The highest BCUT2D eigenvalue weighted by Crippen LogP contribution is 2.26. The molecule has 21 heavy (non-hydrogen) atoms. The lowest BCUT2D eigenvalue weighted by Gasteiger charge is -2.14. The minimum absolute atomic E-state index is 0.125. The Kier molecular flexibility index (Phi) is 4.73. The first kappa shape index (κ1) is 15.2. The highest BCUT2D eigenvalue weighted by atomic mass is 16.5. The standard InChI is InChI=1S/C18H21NO2/c1-12-11-19-16(14(3)18(12)21-4)10-17(20)13(2)15-8-6-5-7-9-15/h5-9,11,13H,10H2,1-4H3. The minimum atomic E-state index is -0.125. The van der Waals surface area contributed by atoms with Crippen molar-refractivity contribution in [3.8, 4) is 5.75 Å². The fourth-order valence-corrected chi connectivity index (χ4v) is 2.50. The first-order chi connectivity index (χ1) is 10.0. The van der Waals surface area contributed by atoms with Crippen LogP contribution in [0.4, 0.5) is 0 Å². The number of ketones is 1. The number of hydrogen-bond acceptors (Lipinski definition) is 3. The monoisotopic (exact) mass is 283 g/mol. The lowest BCUT2D eigenvalue weighted by molar-refractivity contribution is -0.119. The molecule has 0 amide bonds. The Hall–Kier alpha value is -2.16. The predicted molar refractivity (Wildman–Crippen MR) is 83.8 cm³/mol. The summed E-state index contributed by atoms with van der Waals surface area (Å²) in [5.74, 6) is 0.863. The molecule has 2 aromatic rings. The summed E-state index contributed by atoms with van der Waals surface area (Å²) in [6.07, 6.45) is 2.10. The second-order valence-electron chi connectivity index (χ2n) is 5.32. The summed E-state index contributed by atoms with van der Waals surface area (Å²) < 4.78 is 5.39. The van der Waals surface area contributed by atoms with Crippen molar-refractivity contribution >= 4 is 5.78 Å². The maximum Gasteiger partial charge on any atom is 0.146 e. The van der Waals surface area contributed by atoms with E-state index in [1.807, 2.05) is 51.1 Å². The van der Waals surface area contributed by atoms with Crippen LogP contribution in [0.1, 0.15) is 35.2 Å². The van der Waals surface area contributed by atoms with Crippen LogP contribution in [0, 0.1) is 13.8 Å². The number of ether oxygens (including phenoxy) is 1. The Balaban J connectivity index is 2.21. The molecule has 0 bridgehead atoms. The number of Topliss-reactive ketones (excluding diaryl/α,β-unsaturated/α-hetero) is 1. The molecule has 0 aliphatic carbocycles. The van der Waals surface area contributed by atoms with E-state index in [4.69, 9.17) is 4.74 Å². The zero-order valence-electron chi connectivity index (χ0n) is 13.0. The van der Waals surface area contributed by atoms with Crippen molar-refractivity contribution in [3.63, 3.8) is 0 Å². The topological polar surface area (TPSA) is 39.2 Å². The number of methoxy groups -OCH3 is 1. The highest BCUT2D eigenvalue weighted by Gasteiger charge is 2.18. The Morgan fingerprint density at radius 2 is 1.90 bits per heavy atom. The van der Waals surface area contributed by atoms with Crippen molar-refractivity contribution in [1.82, 2.24) is 4.98 Å². The average Bonchev–Trinajstić information content (AvgIpc) is 2.50. The molecule has 3 heteroatoms. The molecule has 3 nitrogen and oxygen atoms in total. The van der Waals surface area contributed by atoms with Crippen LogP contribution in [-0.2, 0) is 11.2 Å². The molecule has 0 spiro atoms. The van der Waals surface area contributed by atoms with Gasteiger partial charge in [-0.25, -0.2) is 0 Å². The summed E-state index contributed by atoms with van der Waals surface area (Å²) in [7, 11) is 1.65. The highest BCUT2D eigenvalue weighted by molar-refractivity contribution is 5.87. The van der Waals surface area contributed by atoms with E-state index in [1.54, 1.807) is 13.3 Å². The quantitative estimate of drug-likeness (QED) is 0.841. The molecule has 1 heterocycles. The van der Waals surface area contributed by atoms with Crippen molar-refractivity contribution in [3.05, 3.63) is 58.9 Å². The normalized spacial score (nSPS) is 12.0. The smallest absolute Gasteiger partial charge is 0.146 e. The van der Waals surface area contributed by atoms with Crippen LogP contribution in [-0.4, -0.2) is 17.9 Å². The third-order valence-electron chi connectivity index (χ3n) is 3.87. The van der Waals surface area contributed by atoms with Crippen molar-refractivity contribution in [2.75, 3.05) is 7.11 Å². The average molecular weight is 283 g/mol. The van der Waals surface area contributed by atoms with Gasteiger partial charge in [0.25, 0.3) is 0 Å². The lowest BCUT2D eigenvalue weighted by Crippen LogP contribution is -2.14. The molecule has 0 radical (unpaired) electrons. The molecular weight excluding hydrogens is 262 g/mol. The maximum atomic E-state index is 12.5. The third-order valence-corrected chi connectivity index (χ3v) is 3.87. The summed E-state index contributed by atoms with van der Waals surface area (Å²) in [4.78, 5) is 16.9. The van der Waals surface area contributed by atoms with Crippen molar-refractivity contribution in [2.45, 2.75) is 33.1 Å². The van der Waals surface area contributed by atoms with Gasteiger partial charge in [-0.2, -0.15) is 0 Å². The van der Waals surface area contributed by atoms with Crippen LogP contribution >= 0.6 is 0 Å². The van der Waals surface area contributed by atoms with E-state index in [1.165, 1.54) is 0 Å². The number of pyridine rings is 1. The van der Waals surface area contributed by atoms with Crippen molar-refractivity contribution < 1.29 is 9.53 Å². The van der Waals surface area contributed by atoms with E-state index in [0.29, 0.717) is 6.42 Å². The summed E-state index contributed by atoms with van der Waals surface area (Å²) in [5.41, 5.74) is 3.78. The van der Waals surface area contributed by atoms with Gasteiger partial charge in [0.1, 0.15) is 11.5 Å². The second-order valence-corrected chi connectivity index (χ2v) is 5.32. The van der Waals surface area contributed by atoms with E-state index >= 15 is 0 Å². The van der Waals surface area contributed by atoms with E-state index in [2.05, 4.69) is 4.98 Å². The molecule has 1 aromatic carbocycles. The number of carbonyl (C=O) groups is 1. The molecule has 0 aliphatic rings. The number of carbonyl (C=O) groups excluding carboxylic acids is 1. The third kappa shape index (κ3) is 3.30. The summed E-state index contributed by atoms with van der Waals surface area (Å²) >= 11 is 0. The Morgan fingerprint density at radius 1 is 1.24 bits per heavy atom. The molecule has 0 N–H and O–H groups in total. The van der Waals surface area contributed by atoms with Crippen LogP contribution in [0.3, 0.4) is 0 Å². The number of rotatable bonds is 5. The zero-order valence-corrected chi connectivity index (χ0v) is 13.0. The molecule has 1 unspecified atom stereocenters. The predicted octanol–water partition coefficient (Wildman–Crippen LogP) is 3.62. The molecule has 110 valence electrons. The van der Waals surface area contributed by atoms with E-state index in [0.717, 1.165) is 28.1 Å². The first-order valence-corrected chi connectivity index (χ1v) is 7.11. The lowest BCUT2D eigenvalue weighted by atomic mass is 9.93. The summed E-state index contributed by atoms with van der Waals surface area (Å²) in [5, 5.41) is 0. The molecule has 2 rings (SSSR count). The number of aromatic nitrogens is 1.